The van der Waals surface area contributed by atoms with Gasteiger partial charge in [-0.15, -0.1) is 11.8 Å². The average molecular weight is 226 g/mol. The second-order valence-corrected chi connectivity index (χ2v) is 4.91. The van der Waals surface area contributed by atoms with E-state index in [1.807, 2.05) is 6.92 Å². The Labute approximate surface area is 92.2 Å². The number of hydrogen-bond donors (Lipinski definition) is 3. The summed E-state index contributed by atoms with van der Waals surface area (Å²) in [4.78, 5) is 11.7. The fourth-order valence-electron chi connectivity index (χ4n) is 1.51. The second kappa shape index (κ2) is 4.14. The number of aromatic nitrogens is 2. The fraction of sp³-hybridized carbons (Fsp3) is 0.556. The molecule has 1 aromatic heterocycles. The zero-order valence-electron chi connectivity index (χ0n) is 8.54. The monoisotopic (exact) mass is 226 g/mol. The van der Waals surface area contributed by atoms with Crippen LogP contribution >= 0.6 is 11.8 Å². The van der Waals surface area contributed by atoms with Gasteiger partial charge in [-0.2, -0.15) is 5.10 Å². The highest BCUT2D eigenvalue weighted by atomic mass is 32.2. The van der Waals surface area contributed by atoms with Crippen molar-refractivity contribution in [1.29, 1.82) is 0 Å². The molecule has 0 radical (unpaired) electrons. The van der Waals surface area contributed by atoms with Gasteiger partial charge in [0.25, 0.3) is 0 Å². The number of H-pyrrole nitrogens is 1. The van der Waals surface area contributed by atoms with Crippen LogP contribution in [0.15, 0.2) is 0 Å². The number of aromatic amines is 1. The van der Waals surface area contributed by atoms with E-state index in [1.165, 1.54) is 0 Å². The third-order valence-electron chi connectivity index (χ3n) is 2.46. The minimum atomic E-state index is 0.00991. The Morgan fingerprint density at radius 3 is 3.07 bits per heavy atom. The zero-order chi connectivity index (χ0) is 10.8. The van der Waals surface area contributed by atoms with Gasteiger partial charge in [-0.25, -0.2) is 0 Å². The molecule has 0 aromatic carbocycles. The van der Waals surface area contributed by atoms with Crippen molar-refractivity contribution < 1.29 is 4.79 Å². The van der Waals surface area contributed by atoms with Crippen molar-refractivity contribution in [3.8, 4) is 0 Å². The number of aryl methyl sites for hydroxylation is 1. The summed E-state index contributed by atoms with van der Waals surface area (Å²) in [6.07, 6.45) is 2.05. The molecule has 0 bridgehead atoms. The summed E-state index contributed by atoms with van der Waals surface area (Å²) in [7, 11) is 0. The third-order valence-corrected chi connectivity index (χ3v) is 3.83. The van der Waals surface area contributed by atoms with E-state index >= 15 is 0 Å². The maximum absolute atomic E-state index is 11.7. The van der Waals surface area contributed by atoms with Crippen molar-refractivity contribution in [2.75, 3.05) is 16.8 Å². The largest absolute Gasteiger partial charge is 0.394 e. The van der Waals surface area contributed by atoms with E-state index in [-0.39, 0.29) is 11.2 Å². The summed E-state index contributed by atoms with van der Waals surface area (Å²) >= 11 is 1.69. The third kappa shape index (κ3) is 2.09. The number of nitrogens with zero attached hydrogens (tertiary/aromatic N) is 1. The van der Waals surface area contributed by atoms with Gasteiger partial charge in [0, 0.05) is 0 Å². The molecular formula is C9H14N4OS. The number of carbonyl (C=O) groups is 1. The number of nitrogen functional groups attached to an aromatic ring is 1. The molecule has 1 saturated heterocycles. The van der Waals surface area contributed by atoms with Crippen LogP contribution in [0.1, 0.15) is 18.5 Å². The quantitative estimate of drug-likeness (QED) is 0.706. The van der Waals surface area contributed by atoms with Gasteiger partial charge in [0.05, 0.1) is 16.6 Å². The number of nitrogens with two attached hydrogens (primary N) is 1. The summed E-state index contributed by atoms with van der Waals surface area (Å²) < 4.78 is 0. The lowest BCUT2D eigenvalue weighted by Crippen LogP contribution is -2.23. The van der Waals surface area contributed by atoms with Crippen molar-refractivity contribution in [3.05, 3.63) is 5.69 Å². The molecule has 1 aliphatic heterocycles. The molecule has 0 spiro atoms. The van der Waals surface area contributed by atoms with Gasteiger partial charge in [-0.1, -0.05) is 0 Å². The van der Waals surface area contributed by atoms with Crippen LogP contribution in [0, 0.1) is 6.92 Å². The summed E-state index contributed by atoms with van der Waals surface area (Å²) in [5, 5.41) is 9.47. The predicted molar refractivity (Wildman–Crippen MR) is 61.8 cm³/mol. The number of amides is 1. The smallest absolute Gasteiger partial charge is 0.238 e. The number of nitrogens with one attached hydrogen (secondary N) is 2. The number of anilines is 2. The lowest BCUT2D eigenvalue weighted by atomic mass is 10.2. The first-order valence-electron chi connectivity index (χ1n) is 4.91. The average Bonchev–Trinajstić information content (AvgIpc) is 2.83. The van der Waals surface area contributed by atoms with Gasteiger partial charge in [-0.3, -0.25) is 9.89 Å². The van der Waals surface area contributed by atoms with Crippen LogP contribution in [0.25, 0.3) is 0 Å². The van der Waals surface area contributed by atoms with Crippen LogP contribution < -0.4 is 11.1 Å². The summed E-state index contributed by atoms with van der Waals surface area (Å²) in [5.41, 5.74) is 7.04. The van der Waals surface area contributed by atoms with Gasteiger partial charge in [0.15, 0.2) is 5.82 Å². The highest BCUT2D eigenvalue weighted by molar-refractivity contribution is 8.00. The summed E-state index contributed by atoms with van der Waals surface area (Å²) in [6.45, 7) is 1.82. The zero-order valence-corrected chi connectivity index (χ0v) is 9.36. The van der Waals surface area contributed by atoms with Gasteiger partial charge in [0.1, 0.15) is 0 Å². The van der Waals surface area contributed by atoms with Crippen molar-refractivity contribution in [1.82, 2.24) is 10.2 Å². The number of thioether (sulfide) groups is 1. The molecule has 1 fully saturated rings. The molecule has 0 aliphatic carbocycles. The Balaban J connectivity index is 2.02. The van der Waals surface area contributed by atoms with Crippen molar-refractivity contribution in [2.24, 2.45) is 0 Å². The number of rotatable bonds is 2. The van der Waals surface area contributed by atoms with Crippen LogP contribution in [0.5, 0.6) is 0 Å². The van der Waals surface area contributed by atoms with E-state index < -0.39 is 0 Å². The molecule has 1 unspecified atom stereocenters. The Hall–Kier alpha value is -1.17. The van der Waals surface area contributed by atoms with E-state index in [0.717, 1.165) is 24.3 Å². The van der Waals surface area contributed by atoms with Crippen LogP contribution in [0.4, 0.5) is 11.5 Å². The lowest BCUT2D eigenvalue weighted by Gasteiger charge is -2.07. The van der Waals surface area contributed by atoms with Crippen molar-refractivity contribution in [2.45, 2.75) is 25.0 Å². The maximum Gasteiger partial charge on any atom is 0.238 e. The molecule has 5 nitrogen and oxygen atoms in total. The number of hydrogen-bond acceptors (Lipinski definition) is 4. The molecule has 6 heteroatoms. The molecule has 1 amide bonds. The van der Waals surface area contributed by atoms with E-state index in [1.54, 1.807) is 11.8 Å². The molecule has 4 N–H and O–H groups in total. The summed E-state index contributed by atoms with van der Waals surface area (Å²) in [6, 6.07) is 0. The van der Waals surface area contributed by atoms with Gasteiger partial charge >= 0.3 is 0 Å². The van der Waals surface area contributed by atoms with E-state index in [9.17, 15) is 4.79 Å². The standard InChI is InChI=1S/C9H14N4OS/c1-5-7(10)8(13-12-5)11-9(14)6-3-2-4-15-6/h6H,2-4,10H2,1H3,(H2,11,12,13,14). The molecule has 1 atom stereocenters. The van der Waals surface area contributed by atoms with Crippen LogP contribution in [-0.4, -0.2) is 27.1 Å². The topological polar surface area (TPSA) is 83.8 Å². The molecule has 0 saturated carbocycles. The first-order valence-corrected chi connectivity index (χ1v) is 5.96. The second-order valence-electron chi connectivity index (χ2n) is 3.60. The van der Waals surface area contributed by atoms with Gasteiger partial charge < -0.3 is 11.1 Å². The molecule has 1 aliphatic rings. The van der Waals surface area contributed by atoms with Crippen LogP contribution in [0.3, 0.4) is 0 Å². The van der Waals surface area contributed by atoms with E-state index in [0.29, 0.717) is 11.5 Å². The predicted octanol–water partition coefficient (Wildman–Crippen LogP) is 1.13. The Morgan fingerprint density at radius 2 is 2.53 bits per heavy atom. The first kappa shape index (κ1) is 10.4. The molecule has 15 heavy (non-hydrogen) atoms. The minimum Gasteiger partial charge on any atom is -0.394 e. The summed E-state index contributed by atoms with van der Waals surface area (Å²) in [5.74, 6) is 1.52. The Bertz CT molecular complexity index is 370. The van der Waals surface area contributed by atoms with Crippen LogP contribution in [0.2, 0.25) is 0 Å². The molecular weight excluding hydrogens is 212 g/mol. The molecule has 2 heterocycles. The van der Waals surface area contributed by atoms with E-state index in [2.05, 4.69) is 15.5 Å². The maximum atomic E-state index is 11.7. The van der Waals surface area contributed by atoms with Gasteiger partial charge in [0.2, 0.25) is 5.91 Å². The molecule has 82 valence electrons. The van der Waals surface area contributed by atoms with Crippen LogP contribution in [-0.2, 0) is 4.79 Å². The lowest BCUT2D eigenvalue weighted by molar-refractivity contribution is -0.115. The SMILES string of the molecule is Cc1[nH]nc(NC(=O)C2CCCS2)c1N. The Kier molecular flexibility index (Phi) is 2.86. The minimum absolute atomic E-state index is 0.00991. The highest BCUT2D eigenvalue weighted by Gasteiger charge is 2.24. The normalized spacial score (nSPS) is 20.5. The van der Waals surface area contributed by atoms with Crippen molar-refractivity contribution >= 4 is 29.2 Å². The fourth-order valence-corrected chi connectivity index (χ4v) is 2.68. The van der Waals surface area contributed by atoms with Crippen molar-refractivity contribution in [3.63, 3.8) is 0 Å². The van der Waals surface area contributed by atoms with Gasteiger partial charge in [-0.05, 0) is 25.5 Å². The molecule has 2 rings (SSSR count). The highest BCUT2D eigenvalue weighted by Crippen LogP contribution is 2.28. The first-order chi connectivity index (χ1) is 7.18. The number of carbonyl (C=O) groups excluding carboxylic acids is 1. The molecule has 1 aromatic rings. The Morgan fingerprint density at radius 1 is 1.73 bits per heavy atom. The van der Waals surface area contributed by atoms with E-state index in [4.69, 9.17) is 5.73 Å².